The summed E-state index contributed by atoms with van der Waals surface area (Å²) in [6.07, 6.45) is 3.61. The molecule has 0 aromatic heterocycles. The second kappa shape index (κ2) is 11.9. The van der Waals surface area contributed by atoms with E-state index in [0.717, 1.165) is 51.4 Å². The maximum atomic E-state index is 11.8. The minimum atomic E-state index is -0.208. The van der Waals surface area contributed by atoms with Crippen LogP contribution in [0.1, 0.15) is 32.6 Å². The molecule has 0 radical (unpaired) electrons. The zero-order chi connectivity index (χ0) is 19.0. The number of likely N-dealkylation sites (N-methyl/N-ethyl adjacent to an activating group) is 1. The molecular formula is C18H36IN5O3. The van der Waals surface area contributed by atoms with E-state index in [1.165, 1.54) is 0 Å². The summed E-state index contributed by atoms with van der Waals surface area (Å²) in [7, 11) is 6.07. The normalized spacial score (nSPS) is 20.8. The summed E-state index contributed by atoms with van der Waals surface area (Å²) < 4.78 is 10.6. The number of nitrogens with zero attached hydrogens (tertiary/aromatic N) is 3. The van der Waals surface area contributed by atoms with Gasteiger partial charge in [0.15, 0.2) is 5.96 Å². The second-order valence-corrected chi connectivity index (χ2v) is 7.26. The molecule has 2 aliphatic heterocycles. The molecule has 0 aromatic rings. The molecule has 1 amide bonds. The number of carbonyl (C=O) groups excluding carboxylic acids is 1. The zero-order valence-electron chi connectivity index (χ0n) is 17.1. The Bertz CT molecular complexity index is 476. The Morgan fingerprint density at radius 3 is 2.44 bits per heavy atom. The van der Waals surface area contributed by atoms with E-state index in [-0.39, 0.29) is 35.6 Å². The number of aliphatic imine (C=N–C) groups is 1. The van der Waals surface area contributed by atoms with Crippen molar-refractivity contribution in [3.8, 4) is 0 Å². The standard InChI is InChI=1S/C18H35N5O3.HI/c1-5-26-17(24)23-10-6-15(7-11-23)21-16(19-2)20-14-18(22(3)4)8-12-25-13-9-18;/h15H,5-14H2,1-4H3,(H2,19,20,21);1H. The average Bonchev–Trinajstić information content (AvgIpc) is 2.66. The summed E-state index contributed by atoms with van der Waals surface area (Å²) in [5.74, 6) is 0.826. The van der Waals surface area contributed by atoms with Gasteiger partial charge >= 0.3 is 6.09 Å². The van der Waals surface area contributed by atoms with Crippen molar-refractivity contribution in [3.63, 3.8) is 0 Å². The number of amides is 1. The SMILES string of the molecule is CCOC(=O)N1CCC(NC(=NC)NCC2(N(C)C)CCOCC2)CC1.I. The molecule has 2 rings (SSSR count). The number of carbonyl (C=O) groups is 1. The van der Waals surface area contributed by atoms with Crippen LogP contribution in [-0.2, 0) is 9.47 Å². The van der Waals surface area contributed by atoms with Crippen LogP contribution in [0.3, 0.4) is 0 Å². The van der Waals surface area contributed by atoms with Gasteiger partial charge < -0.3 is 29.9 Å². The Kier molecular flexibility index (Phi) is 10.7. The van der Waals surface area contributed by atoms with E-state index >= 15 is 0 Å². The first-order valence-corrected chi connectivity index (χ1v) is 9.65. The molecule has 8 nitrogen and oxygen atoms in total. The Morgan fingerprint density at radius 2 is 1.93 bits per heavy atom. The molecule has 0 unspecified atom stereocenters. The number of hydrogen-bond acceptors (Lipinski definition) is 5. The summed E-state index contributed by atoms with van der Waals surface area (Å²) in [6, 6.07) is 0.317. The lowest BCUT2D eigenvalue weighted by atomic mass is 9.88. The van der Waals surface area contributed by atoms with Crippen LogP contribution in [0.2, 0.25) is 0 Å². The van der Waals surface area contributed by atoms with Gasteiger partial charge in [-0.2, -0.15) is 0 Å². The molecule has 2 saturated heterocycles. The van der Waals surface area contributed by atoms with Gasteiger partial charge in [0.05, 0.1) is 6.61 Å². The molecule has 2 N–H and O–H groups in total. The van der Waals surface area contributed by atoms with Crippen LogP contribution in [-0.4, -0.2) is 94.0 Å². The van der Waals surface area contributed by atoms with Crippen LogP contribution in [0.15, 0.2) is 4.99 Å². The van der Waals surface area contributed by atoms with Crippen molar-refractivity contribution < 1.29 is 14.3 Å². The van der Waals surface area contributed by atoms with Gasteiger partial charge in [0, 0.05) is 51.5 Å². The van der Waals surface area contributed by atoms with Crippen molar-refractivity contribution in [2.45, 2.75) is 44.2 Å². The van der Waals surface area contributed by atoms with E-state index in [0.29, 0.717) is 25.7 Å². The third-order valence-electron chi connectivity index (χ3n) is 5.54. The molecule has 158 valence electrons. The third kappa shape index (κ3) is 6.94. The summed E-state index contributed by atoms with van der Waals surface area (Å²) in [5, 5.41) is 7.00. The molecule has 0 aliphatic carbocycles. The van der Waals surface area contributed by atoms with Gasteiger partial charge in [0.25, 0.3) is 0 Å². The molecule has 0 spiro atoms. The Balaban J connectivity index is 0.00000364. The number of likely N-dealkylation sites (tertiary alicyclic amines) is 1. The van der Waals surface area contributed by atoms with Gasteiger partial charge in [-0.25, -0.2) is 4.79 Å². The zero-order valence-corrected chi connectivity index (χ0v) is 19.5. The molecule has 2 heterocycles. The fourth-order valence-electron chi connectivity index (χ4n) is 3.59. The lowest BCUT2D eigenvalue weighted by Gasteiger charge is -2.43. The Hall–Kier alpha value is -0.810. The fourth-order valence-corrected chi connectivity index (χ4v) is 3.59. The van der Waals surface area contributed by atoms with Crippen LogP contribution < -0.4 is 10.6 Å². The van der Waals surface area contributed by atoms with Crippen molar-refractivity contribution in [2.75, 3.05) is 60.6 Å². The van der Waals surface area contributed by atoms with E-state index in [2.05, 4.69) is 34.6 Å². The average molecular weight is 497 g/mol. The molecule has 9 heteroatoms. The number of piperidine rings is 1. The molecule has 0 bridgehead atoms. The number of halogens is 1. The van der Waals surface area contributed by atoms with Crippen LogP contribution in [0.4, 0.5) is 4.79 Å². The monoisotopic (exact) mass is 497 g/mol. The van der Waals surface area contributed by atoms with Crippen molar-refractivity contribution in [3.05, 3.63) is 0 Å². The first kappa shape index (κ1) is 24.2. The van der Waals surface area contributed by atoms with Gasteiger partial charge in [-0.3, -0.25) is 4.99 Å². The highest BCUT2D eigenvalue weighted by molar-refractivity contribution is 14.0. The largest absolute Gasteiger partial charge is 0.450 e. The summed E-state index contributed by atoms with van der Waals surface area (Å²) in [4.78, 5) is 20.3. The number of rotatable bonds is 5. The lowest BCUT2D eigenvalue weighted by molar-refractivity contribution is -0.00504. The lowest BCUT2D eigenvalue weighted by Crippen LogP contribution is -2.58. The topological polar surface area (TPSA) is 78.4 Å². The number of guanidine groups is 1. The second-order valence-electron chi connectivity index (χ2n) is 7.26. The molecule has 2 fully saturated rings. The predicted octanol–water partition coefficient (Wildman–Crippen LogP) is 1.50. The van der Waals surface area contributed by atoms with E-state index in [4.69, 9.17) is 9.47 Å². The third-order valence-corrected chi connectivity index (χ3v) is 5.54. The summed E-state index contributed by atoms with van der Waals surface area (Å²) >= 11 is 0. The van der Waals surface area contributed by atoms with Gasteiger partial charge in [-0.15, -0.1) is 24.0 Å². The van der Waals surface area contributed by atoms with E-state index in [1.54, 1.807) is 11.9 Å². The minimum Gasteiger partial charge on any atom is -0.450 e. The summed E-state index contributed by atoms with van der Waals surface area (Å²) in [6.45, 7) is 6.13. The van der Waals surface area contributed by atoms with Crippen molar-refractivity contribution >= 4 is 36.0 Å². The van der Waals surface area contributed by atoms with E-state index in [1.807, 2.05) is 6.92 Å². The number of ether oxygens (including phenoxy) is 2. The molecule has 0 aromatic carbocycles. The number of nitrogens with one attached hydrogen (secondary N) is 2. The van der Waals surface area contributed by atoms with Crippen LogP contribution in [0, 0.1) is 0 Å². The van der Waals surface area contributed by atoms with Crippen molar-refractivity contribution in [1.29, 1.82) is 0 Å². The first-order valence-electron chi connectivity index (χ1n) is 9.65. The van der Waals surface area contributed by atoms with E-state index in [9.17, 15) is 4.79 Å². The smallest absolute Gasteiger partial charge is 0.409 e. The Morgan fingerprint density at radius 1 is 1.30 bits per heavy atom. The molecule has 27 heavy (non-hydrogen) atoms. The molecule has 0 saturated carbocycles. The number of hydrogen-bond donors (Lipinski definition) is 2. The van der Waals surface area contributed by atoms with Gasteiger partial charge in [-0.1, -0.05) is 0 Å². The molecule has 2 aliphatic rings. The summed E-state index contributed by atoms with van der Waals surface area (Å²) in [5.41, 5.74) is 0.100. The van der Waals surface area contributed by atoms with Crippen LogP contribution in [0.5, 0.6) is 0 Å². The molecule has 0 atom stereocenters. The Labute approximate surface area is 180 Å². The fraction of sp³-hybridized carbons (Fsp3) is 0.889. The highest BCUT2D eigenvalue weighted by Crippen LogP contribution is 2.25. The highest BCUT2D eigenvalue weighted by atomic mass is 127. The first-order chi connectivity index (χ1) is 12.5. The van der Waals surface area contributed by atoms with E-state index < -0.39 is 0 Å². The van der Waals surface area contributed by atoms with Crippen LogP contribution in [0.25, 0.3) is 0 Å². The maximum Gasteiger partial charge on any atom is 0.409 e. The quantitative estimate of drug-likeness (QED) is 0.341. The van der Waals surface area contributed by atoms with Gasteiger partial charge in [0.1, 0.15) is 0 Å². The highest BCUT2D eigenvalue weighted by Gasteiger charge is 2.35. The van der Waals surface area contributed by atoms with Gasteiger partial charge in [0.2, 0.25) is 0 Å². The predicted molar refractivity (Wildman–Crippen MR) is 118 cm³/mol. The minimum absolute atomic E-state index is 0. The van der Waals surface area contributed by atoms with Crippen LogP contribution >= 0.6 is 24.0 Å². The van der Waals surface area contributed by atoms with Gasteiger partial charge in [-0.05, 0) is 46.7 Å². The van der Waals surface area contributed by atoms with Crippen molar-refractivity contribution in [2.24, 2.45) is 4.99 Å². The maximum absolute atomic E-state index is 11.8. The molecular weight excluding hydrogens is 461 g/mol. The van der Waals surface area contributed by atoms with Crippen molar-refractivity contribution in [1.82, 2.24) is 20.4 Å².